The van der Waals surface area contributed by atoms with Gasteiger partial charge in [0.2, 0.25) is 0 Å². The number of hydrogen-bond acceptors (Lipinski definition) is 5. The van der Waals surface area contributed by atoms with Gasteiger partial charge in [-0.15, -0.1) is 5.10 Å². The second-order valence-electron chi connectivity index (χ2n) is 3.63. The van der Waals surface area contributed by atoms with Crippen LogP contribution in [0.25, 0.3) is 0 Å². The molecule has 0 spiro atoms. The first-order valence-corrected chi connectivity index (χ1v) is 6.64. The third-order valence-electron chi connectivity index (χ3n) is 2.49. The Morgan fingerprint density at radius 2 is 2.39 bits per heavy atom. The summed E-state index contributed by atoms with van der Waals surface area (Å²) in [6.45, 7) is 2.53. The number of H-pyrrole nitrogens is 1. The van der Waals surface area contributed by atoms with Crippen molar-refractivity contribution in [1.82, 2.24) is 19.7 Å². The molecule has 2 rings (SSSR count). The van der Waals surface area contributed by atoms with Gasteiger partial charge in [0.15, 0.2) is 5.16 Å². The normalized spacial score (nSPS) is 10.6. The van der Waals surface area contributed by atoms with Gasteiger partial charge in [0.25, 0.3) is 0 Å². The Hall–Kier alpha value is -1.76. The van der Waals surface area contributed by atoms with Crippen molar-refractivity contribution in [3.8, 4) is 0 Å². The van der Waals surface area contributed by atoms with Crippen molar-refractivity contribution in [3.05, 3.63) is 34.5 Å². The molecule has 2 N–H and O–H groups in total. The number of rotatable bonds is 5. The van der Waals surface area contributed by atoms with Gasteiger partial charge in [-0.3, -0.25) is 9.55 Å². The van der Waals surface area contributed by atoms with E-state index in [-0.39, 0.29) is 5.69 Å². The number of nitrogens with one attached hydrogen (secondary N) is 2. The van der Waals surface area contributed by atoms with Crippen molar-refractivity contribution in [3.63, 3.8) is 0 Å². The number of nitrogens with zero attached hydrogens (tertiary/aromatic N) is 3. The maximum atomic E-state index is 11.4. The van der Waals surface area contributed by atoms with E-state index in [9.17, 15) is 4.79 Å². The van der Waals surface area contributed by atoms with Gasteiger partial charge in [-0.1, -0.05) is 11.8 Å². The smallest absolute Gasteiger partial charge is 0.343 e. The monoisotopic (exact) mass is 265 g/mol. The standard InChI is InChI=1S/C11H15N5OS/c1-3-16-10(17)14-15-11(16)18-7-9-6-8(12-2)4-5-13-9/h4-6H,3,7H2,1-2H3,(H,12,13)(H,14,17). The molecule has 7 heteroatoms. The first-order valence-electron chi connectivity index (χ1n) is 5.65. The fraction of sp³-hybridized carbons (Fsp3) is 0.364. The first-order chi connectivity index (χ1) is 8.74. The molecule has 0 aliphatic rings. The number of anilines is 1. The first kappa shape index (κ1) is 12.7. The number of aromatic amines is 1. The van der Waals surface area contributed by atoms with Crippen LogP contribution in [0, 0.1) is 0 Å². The highest BCUT2D eigenvalue weighted by Gasteiger charge is 2.07. The lowest BCUT2D eigenvalue weighted by molar-refractivity contribution is 0.660. The number of thioether (sulfide) groups is 1. The molecule has 0 unspecified atom stereocenters. The summed E-state index contributed by atoms with van der Waals surface area (Å²) < 4.78 is 1.60. The molecular formula is C11H15N5OS. The van der Waals surface area contributed by atoms with E-state index in [0.717, 1.165) is 11.4 Å². The second-order valence-corrected chi connectivity index (χ2v) is 4.57. The van der Waals surface area contributed by atoms with Crippen LogP contribution < -0.4 is 11.0 Å². The van der Waals surface area contributed by atoms with Crippen LogP contribution in [0.5, 0.6) is 0 Å². The summed E-state index contributed by atoms with van der Waals surface area (Å²) in [4.78, 5) is 15.7. The van der Waals surface area contributed by atoms with Crippen molar-refractivity contribution in [2.45, 2.75) is 24.4 Å². The molecule has 0 atom stereocenters. The average molecular weight is 265 g/mol. The number of aromatic nitrogens is 4. The minimum Gasteiger partial charge on any atom is -0.388 e. The summed E-state index contributed by atoms with van der Waals surface area (Å²) in [5.74, 6) is 0.680. The predicted molar refractivity (Wildman–Crippen MR) is 71.9 cm³/mol. The lowest BCUT2D eigenvalue weighted by Crippen LogP contribution is -2.16. The minimum atomic E-state index is -0.170. The van der Waals surface area contributed by atoms with Gasteiger partial charge in [0.05, 0.1) is 5.69 Å². The topological polar surface area (TPSA) is 75.6 Å². The molecule has 0 bridgehead atoms. The minimum absolute atomic E-state index is 0.170. The van der Waals surface area contributed by atoms with E-state index in [0.29, 0.717) is 17.5 Å². The predicted octanol–water partition coefficient (Wildman–Crippen LogP) is 1.32. The largest absolute Gasteiger partial charge is 0.388 e. The molecule has 0 aliphatic heterocycles. The Labute approximate surface area is 109 Å². The van der Waals surface area contributed by atoms with Crippen molar-refractivity contribution in [2.24, 2.45) is 0 Å². The lowest BCUT2D eigenvalue weighted by atomic mass is 10.3. The summed E-state index contributed by atoms with van der Waals surface area (Å²) in [7, 11) is 1.87. The summed E-state index contributed by atoms with van der Waals surface area (Å²) in [5.41, 5.74) is 1.80. The van der Waals surface area contributed by atoms with E-state index in [2.05, 4.69) is 20.5 Å². The van der Waals surface area contributed by atoms with Crippen LogP contribution in [0.2, 0.25) is 0 Å². The van der Waals surface area contributed by atoms with E-state index in [1.165, 1.54) is 11.8 Å². The molecule has 2 heterocycles. The highest BCUT2D eigenvalue weighted by molar-refractivity contribution is 7.98. The zero-order valence-corrected chi connectivity index (χ0v) is 11.1. The summed E-state index contributed by atoms with van der Waals surface area (Å²) in [6, 6.07) is 3.89. The summed E-state index contributed by atoms with van der Waals surface area (Å²) >= 11 is 1.50. The summed E-state index contributed by atoms with van der Waals surface area (Å²) in [5, 5.41) is 10.2. The molecule has 0 fully saturated rings. The SMILES string of the molecule is CCn1c(SCc2cc(NC)ccn2)n[nH]c1=O. The number of hydrogen-bond donors (Lipinski definition) is 2. The molecule has 18 heavy (non-hydrogen) atoms. The van der Waals surface area contributed by atoms with Crippen LogP contribution in [0.3, 0.4) is 0 Å². The molecule has 2 aromatic rings. The third-order valence-corrected chi connectivity index (χ3v) is 3.50. The molecule has 0 saturated heterocycles. The maximum absolute atomic E-state index is 11.4. The highest BCUT2D eigenvalue weighted by Crippen LogP contribution is 2.19. The van der Waals surface area contributed by atoms with Crippen molar-refractivity contribution < 1.29 is 0 Å². The average Bonchev–Trinajstić information content (AvgIpc) is 2.77. The van der Waals surface area contributed by atoms with Gasteiger partial charge in [-0.2, -0.15) is 0 Å². The Balaban J connectivity index is 2.08. The van der Waals surface area contributed by atoms with Gasteiger partial charge in [0, 0.05) is 31.2 Å². The van der Waals surface area contributed by atoms with Crippen LogP contribution in [-0.4, -0.2) is 26.8 Å². The van der Waals surface area contributed by atoms with E-state index in [1.807, 2.05) is 26.1 Å². The number of pyridine rings is 1. The van der Waals surface area contributed by atoms with E-state index in [4.69, 9.17) is 0 Å². The lowest BCUT2D eigenvalue weighted by Gasteiger charge is -2.04. The van der Waals surface area contributed by atoms with Gasteiger partial charge >= 0.3 is 5.69 Å². The van der Waals surface area contributed by atoms with Gasteiger partial charge in [-0.05, 0) is 19.1 Å². The zero-order chi connectivity index (χ0) is 13.0. The van der Waals surface area contributed by atoms with Crippen molar-refractivity contribution >= 4 is 17.4 Å². The van der Waals surface area contributed by atoms with Crippen LogP contribution in [0.4, 0.5) is 5.69 Å². The molecule has 2 aromatic heterocycles. The fourth-order valence-corrected chi connectivity index (χ4v) is 2.46. The Morgan fingerprint density at radius 1 is 1.56 bits per heavy atom. The quantitative estimate of drug-likeness (QED) is 0.797. The third kappa shape index (κ3) is 2.73. The molecule has 96 valence electrons. The fourth-order valence-electron chi connectivity index (χ4n) is 1.54. The van der Waals surface area contributed by atoms with Gasteiger partial charge in [0.1, 0.15) is 0 Å². The Morgan fingerprint density at radius 3 is 3.11 bits per heavy atom. The van der Waals surface area contributed by atoms with Gasteiger partial charge in [-0.25, -0.2) is 9.89 Å². The van der Waals surface area contributed by atoms with Gasteiger partial charge < -0.3 is 5.32 Å². The Kier molecular flexibility index (Phi) is 4.03. The summed E-state index contributed by atoms with van der Waals surface area (Å²) in [6.07, 6.45) is 1.76. The second kappa shape index (κ2) is 5.72. The molecular weight excluding hydrogens is 250 g/mol. The molecule has 0 radical (unpaired) electrons. The maximum Gasteiger partial charge on any atom is 0.343 e. The molecule has 0 amide bonds. The van der Waals surface area contributed by atoms with Crippen molar-refractivity contribution in [1.29, 1.82) is 0 Å². The molecule has 0 saturated carbocycles. The zero-order valence-electron chi connectivity index (χ0n) is 10.3. The highest BCUT2D eigenvalue weighted by atomic mass is 32.2. The van der Waals surface area contributed by atoms with E-state index in [1.54, 1.807) is 10.8 Å². The van der Waals surface area contributed by atoms with E-state index >= 15 is 0 Å². The Bertz CT molecular complexity index is 577. The molecule has 0 aliphatic carbocycles. The van der Waals surface area contributed by atoms with Crippen molar-refractivity contribution in [2.75, 3.05) is 12.4 Å². The van der Waals surface area contributed by atoms with Crippen LogP contribution in [0.15, 0.2) is 28.3 Å². The molecule has 6 nitrogen and oxygen atoms in total. The van der Waals surface area contributed by atoms with Crippen LogP contribution in [-0.2, 0) is 12.3 Å². The van der Waals surface area contributed by atoms with Crippen LogP contribution >= 0.6 is 11.8 Å². The van der Waals surface area contributed by atoms with Crippen LogP contribution in [0.1, 0.15) is 12.6 Å². The van der Waals surface area contributed by atoms with E-state index < -0.39 is 0 Å². The molecule has 0 aromatic carbocycles.